The Labute approximate surface area is 98.1 Å². The van der Waals surface area contributed by atoms with E-state index in [0.717, 1.165) is 11.7 Å². The molecule has 0 unspecified atom stereocenters. The van der Waals surface area contributed by atoms with Gasteiger partial charge in [0, 0.05) is 13.0 Å². The highest BCUT2D eigenvalue weighted by atomic mass is 28.3. The molecule has 0 bridgehead atoms. The van der Waals surface area contributed by atoms with Crippen LogP contribution >= 0.6 is 0 Å². The van der Waals surface area contributed by atoms with Crippen LogP contribution in [-0.4, -0.2) is 29.1 Å². The van der Waals surface area contributed by atoms with E-state index in [4.69, 9.17) is 0 Å². The summed E-state index contributed by atoms with van der Waals surface area (Å²) in [5, 5.41) is 4.45. The van der Waals surface area contributed by atoms with Gasteiger partial charge in [0.2, 0.25) is 0 Å². The predicted molar refractivity (Wildman–Crippen MR) is 67.5 cm³/mol. The molecule has 1 aromatic heterocycles. The Morgan fingerprint density at radius 2 is 2.06 bits per heavy atom. The maximum absolute atomic E-state index is 10.4. The predicted octanol–water partition coefficient (Wildman–Crippen LogP) is 1.58. The Kier molecular flexibility index (Phi) is 3.67. The summed E-state index contributed by atoms with van der Waals surface area (Å²) in [6.07, 6.45) is 3.03. The van der Waals surface area contributed by atoms with E-state index in [0.29, 0.717) is 13.0 Å². The second-order valence-corrected chi connectivity index (χ2v) is 10.8. The van der Waals surface area contributed by atoms with Crippen molar-refractivity contribution in [1.29, 1.82) is 0 Å². The summed E-state index contributed by atoms with van der Waals surface area (Å²) in [7, 11) is -1.65. The van der Waals surface area contributed by atoms with Crippen LogP contribution in [0.1, 0.15) is 27.2 Å². The maximum Gasteiger partial charge on any atom is 0.137 e. The van der Waals surface area contributed by atoms with Crippen LogP contribution in [0.15, 0.2) is 6.33 Å². The standard InChI is InChI=1S/C11H21N3OSi/c1-11(2,3)16(4,5)10-12-9-13-14(10)7-6-8-15/h8-9H,6-7H2,1-5H3. The fraction of sp³-hybridized carbons (Fsp3) is 0.727. The van der Waals surface area contributed by atoms with Crippen LogP contribution in [0.5, 0.6) is 0 Å². The van der Waals surface area contributed by atoms with Gasteiger partial charge >= 0.3 is 0 Å². The van der Waals surface area contributed by atoms with Crippen molar-refractivity contribution < 1.29 is 4.79 Å². The van der Waals surface area contributed by atoms with Gasteiger partial charge in [0.1, 0.15) is 26.1 Å². The number of aromatic nitrogens is 3. The molecule has 90 valence electrons. The molecular weight excluding hydrogens is 218 g/mol. The fourth-order valence-corrected chi connectivity index (χ4v) is 3.29. The second-order valence-electron chi connectivity index (χ2n) is 5.64. The molecule has 5 heteroatoms. The lowest BCUT2D eigenvalue weighted by molar-refractivity contribution is -0.108. The van der Waals surface area contributed by atoms with Crippen molar-refractivity contribution in [3.8, 4) is 0 Å². The summed E-state index contributed by atoms with van der Waals surface area (Å²) < 4.78 is 1.89. The minimum atomic E-state index is -1.65. The number of aryl methyl sites for hydroxylation is 1. The van der Waals surface area contributed by atoms with Crippen LogP contribution in [0.3, 0.4) is 0 Å². The van der Waals surface area contributed by atoms with Gasteiger partial charge in [-0.1, -0.05) is 33.9 Å². The van der Waals surface area contributed by atoms with E-state index in [-0.39, 0.29) is 5.04 Å². The van der Waals surface area contributed by atoms with Crippen LogP contribution in [0, 0.1) is 0 Å². The Morgan fingerprint density at radius 3 is 2.56 bits per heavy atom. The van der Waals surface area contributed by atoms with E-state index < -0.39 is 8.07 Å². The van der Waals surface area contributed by atoms with Crippen LogP contribution in [0.2, 0.25) is 18.1 Å². The number of carbonyl (C=O) groups excluding carboxylic acids is 1. The van der Waals surface area contributed by atoms with Gasteiger partial charge < -0.3 is 4.79 Å². The largest absolute Gasteiger partial charge is 0.303 e. The highest BCUT2D eigenvalue weighted by Crippen LogP contribution is 2.34. The third kappa shape index (κ3) is 2.40. The molecule has 16 heavy (non-hydrogen) atoms. The zero-order chi connectivity index (χ0) is 12.4. The highest BCUT2D eigenvalue weighted by molar-refractivity contribution is 6.91. The summed E-state index contributed by atoms with van der Waals surface area (Å²) >= 11 is 0. The van der Waals surface area contributed by atoms with Crippen molar-refractivity contribution in [2.75, 3.05) is 0 Å². The molecule has 0 aliphatic carbocycles. The van der Waals surface area contributed by atoms with E-state index in [1.807, 2.05) is 4.68 Å². The van der Waals surface area contributed by atoms with Gasteiger partial charge in [-0.25, -0.2) is 4.98 Å². The third-order valence-corrected chi connectivity index (χ3v) is 8.76. The molecule has 0 aliphatic rings. The van der Waals surface area contributed by atoms with Gasteiger partial charge in [-0.3, -0.25) is 4.68 Å². The quantitative estimate of drug-likeness (QED) is 0.592. The molecule has 0 radical (unpaired) electrons. The monoisotopic (exact) mass is 239 g/mol. The molecule has 0 saturated carbocycles. The van der Waals surface area contributed by atoms with Gasteiger partial charge in [-0.15, -0.1) is 0 Å². The lowest BCUT2D eigenvalue weighted by Gasteiger charge is -2.35. The second kappa shape index (κ2) is 4.49. The van der Waals surface area contributed by atoms with E-state index in [9.17, 15) is 4.79 Å². The molecule has 0 aliphatic heterocycles. The summed E-state index contributed by atoms with van der Waals surface area (Å²) in [6.45, 7) is 12.0. The minimum absolute atomic E-state index is 0.235. The van der Waals surface area contributed by atoms with Crippen molar-refractivity contribution >= 4 is 19.8 Å². The number of hydrogen-bond acceptors (Lipinski definition) is 3. The van der Waals surface area contributed by atoms with Crippen LogP contribution in [0.25, 0.3) is 0 Å². The molecule has 4 nitrogen and oxygen atoms in total. The summed E-state index contributed by atoms with van der Waals surface area (Å²) in [4.78, 5) is 14.8. The van der Waals surface area contributed by atoms with Gasteiger partial charge in [0.25, 0.3) is 0 Å². The Balaban J connectivity index is 3.03. The number of nitrogens with zero attached hydrogens (tertiary/aromatic N) is 3. The topological polar surface area (TPSA) is 47.8 Å². The minimum Gasteiger partial charge on any atom is -0.303 e. The Hall–Kier alpha value is -0.973. The zero-order valence-electron chi connectivity index (χ0n) is 10.8. The molecule has 0 N–H and O–H groups in total. The highest BCUT2D eigenvalue weighted by Gasteiger charge is 2.40. The molecule has 0 spiro atoms. The molecule has 0 saturated heterocycles. The average molecular weight is 239 g/mol. The first-order chi connectivity index (χ1) is 7.30. The first kappa shape index (κ1) is 13.1. The number of carbonyl (C=O) groups is 1. The number of hydrogen-bond donors (Lipinski definition) is 0. The van der Waals surface area contributed by atoms with Crippen molar-refractivity contribution in [3.63, 3.8) is 0 Å². The van der Waals surface area contributed by atoms with E-state index in [1.165, 1.54) is 0 Å². The SMILES string of the molecule is CC(C)(C)[Si](C)(C)c1ncnn1CCC=O. The average Bonchev–Trinajstić information content (AvgIpc) is 2.61. The van der Waals surface area contributed by atoms with Crippen molar-refractivity contribution in [2.24, 2.45) is 0 Å². The van der Waals surface area contributed by atoms with Crippen molar-refractivity contribution in [2.45, 2.75) is 51.9 Å². The van der Waals surface area contributed by atoms with Crippen molar-refractivity contribution in [1.82, 2.24) is 14.8 Å². The van der Waals surface area contributed by atoms with Gasteiger partial charge in [0.15, 0.2) is 0 Å². The smallest absolute Gasteiger partial charge is 0.137 e. The van der Waals surface area contributed by atoms with Gasteiger partial charge in [-0.05, 0) is 5.04 Å². The third-order valence-electron chi connectivity index (χ3n) is 3.51. The first-order valence-electron chi connectivity index (χ1n) is 5.62. The van der Waals surface area contributed by atoms with Gasteiger partial charge in [0.05, 0.1) is 0 Å². The Bertz CT molecular complexity index is 366. The van der Waals surface area contributed by atoms with Gasteiger partial charge in [-0.2, -0.15) is 5.10 Å². The van der Waals surface area contributed by atoms with E-state index >= 15 is 0 Å². The molecule has 0 aromatic carbocycles. The summed E-state index contributed by atoms with van der Waals surface area (Å²) in [6, 6.07) is 0. The number of rotatable bonds is 4. The normalized spacial score (nSPS) is 12.8. The maximum atomic E-state index is 10.4. The van der Waals surface area contributed by atoms with E-state index in [2.05, 4.69) is 43.9 Å². The molecule has 0 fully saturated rings. The number of aldehydes is 1. The first-order valence-corrected chi connectivity index (χ1v) is 8.62. The van der Waals surface area contributed by atoms with Crippen LogP contribution in [-0.2, 0) is 11.3 Å². The molecule has 0 atom stereocenters. The molecule has 1 heterocycles. The summed E-state index contributed by atoms with van der Waals surface area (Å²) in [5.41, 5.74) is 1.09. The summed E-state index contributed by atoms with van der Waals surface area (Å²) in [5.74, 6) is 0. The fourth-order valence-electron chi connectivity index (χ4n) is 1.42. The molecule has 1 aromatic rings. The van der Waals surface area contributed by atoms with Crippen LogP contribution < -0.4 is 5.45 Å². The molecule has 1 rings (SSSR count). The molecular formula is C11H21N3OSi. The zero-order valence-corrected chi connectivity index (χ0v) is 11.8. The van der Waals surface area contributed by atoms with Crippen molar-refractivity contribution in [3.05, 3.63) is 6.33 Å². The molecule has 0 amide bonds. The van der Waals surface area contributed by atoms with E-state index in [1.54, 1.807) is 6.33 Å². The lowest BCUT2D eigenvalue weighted by atomic mass is 10.2. The Morgan fingerprint density at radius 1 is 1.44 bits per heavy atom. The van der Waals surface area contributed by atoms with Crippen LogP contribution in [0.4, 0.5) is 0 Å². The lowest BCUT2D eigenvalue weighted by Crippen LogP contribution is -2.54.